The summed E-state index contributed by atoms with van der Waals surface area (Å²) in [5.74, 6) is -0.811. The first-order valence-electron chi connectivity index (χ1n) is 8.71. The molecule has 0 bridgehead atoms. The molecule has 0 aliphatic heterocycles. The number of hydrogen-bond acceptors (Lipinski definition) is 3. The molecule has 2 N–H and O–H groups in total. The van der Waals surface area contributed by atoms with E-state index in [0.717, 1.165) is 11.1 Å². The van der Waals surface area contributed by atoms with Gasteiger partial charge in [-0.1, -0.05) is 60.7 Å². The van der Waals surface area contributed by atoms with Crippen molar-refractivity contribution in [1.82, 2.24) is 10.9 Å². The first-order chi connectivity index (χ1) is 13.6. The van der Waals surface area contributed by atoms with Crippen LogP contribution in [-0.2, 0) is 16.0 Å². The van der Waals surface area contributed by atoms with Crippen molar-refractivity contribution in [1.29, 1.82) is 0 Å². The van der Waals surface area contributed by atoms with E-state index in [-0.39, 0.29) is 13.0 Å². The van der Waals surface area contributed by atoms with E-state index >= 15 is 0 Å². The monoisotopic (exact) mass is 378 g/mol. The number of hydrazine groups is 1. The van der Waals surface area contributed by atoms with E-state index in [1.807, 2.05) is 48.5 Å². The maximum Gasteiger partial charge on any atom is 0.276 e. The summed E-state index contributed by atoms with van der Waals surface area (Å²) in [6, 6.07) is 22.8. The van der Waals surface area contributed by atoms with Crippen molar-refractivity contribution in [3.8, 4) is 16.9 Å². The minimum Gasteiger partial charge on any atom is -0.483 e. The van der Waals surface area contributed by atoms with Crippen molar-refractivity contribution >= 4 is 11.8 Å². The largest absolute Gasteiger partial charge is 0.483 e. The predicted molar refractivity (Wildman–Crippen MR) is 104 cm³/mol. The van der Waals surface area contributed by atoms with Gasteiger partial charge in [0, 0.05) is 5.56 Å². The van der Waals surface area contributed by atoms with Crippen molar-refractivity contribution in [3.05, 3.63) is 90.2 Å². The SMILES string of the molecule is O=C(COc1ccccc1-c1ccccc1)NNC(=O)Cc1cccc(F)c1. The molecule has 142 valence electrons. The number of hydrogen-bond donors (Lipinski definition) is 2. The van der Waals surface area contributed by atoms with Gasteiger partial charge in [0.15, 0.2) is 6.61 Å². The van der Waals surface area contributed by atoms with Crippen molar-refractivity contribution in [3.63, 3.8) is 0 Å². The van der Waals surface area contributed by atoms with E-state index in [0.29, 0.717) is 11.3 Å². The van der Waals surface area contributed by atoms with E-state index in [9.17, 15) is 14.0 Å². The third kappa shape index (κ3) is 5.41. The molecule has 0 heterocycles. The number of ether oxygens (including phenoxy) is 1. The van der Waals surface area contributed by atoms with Crippen LogP contribution in [-0.4, -0.2) is 18.4 Å². The summed E-state index contributed by atoms with van der Waals surface area (Å²) >= 11 is 0. The zero-order chi connectivity index (χ0) is 19.8. The molecule has 0 aliphatic carbocycles. The van der Waals surface area contributed by atoms with Crippen LogP contribution in [0.3, 0.4) is 0 Å². The molecule has 28 heavy (non-hydrogen) atoms. The minimum atomic E-state index is -0.504. The molecule has 3 aromatic carbocycles. The Balaban J connectivity index is 1.50. The van der Waals surface area contributed by atoms with Crippen LogP contribution in [0, 0.1) is 5.82 Å². The lowest BCUT2D eigenvalue weighted by Gasteiger charge is -2.12. The van der Waals surface area contributed by atoms with E-state index in [1.165, 1.54) is 18.2 Å². The number of halogens is 1. The smallest absolute Gasteiger partial charge is 0.276 e. The van der Waals surface area contributed by atoms with Gasteiger partial charge in [0.25, 0.3) is 5.91 Å². The topological polar surface area (TPSA) is 67.4 Å². The summed E-state index contributed by atoms with van der Waals surface area (Å²) in [6.07, 6.45) is -0.0459. The fraction of sp³-hybridized carbons (Fsp3) is 0.0909. The van der Waals surface area contributed by atoms with Crippen LogP contribution in [0.2, 0.25) is 0 Å². The van der Waals surface area contributed by atoms with Crippen LogP contribution in [0.1, 0.15) is 5.56 Å². The maximum absolute atomic E-state index is 13.1. The number of carbonyl (C=O) groups is 2. The molecule has 5 nitrogen and oxygen atoms in total. The van der Waals surface area contributed by atoms with Gasteiger partial charge >= 0.3 is 0 Å². The van der Waals surface area contributed by atoms with Crippen molar-refractivity contribution in [2.75, 3.05) is 6.61 Å². The highest BCUT2D eigenvalue weighted by Gasteiger charge is 2.10. The number of carbonyl (C=O) groups excluding carboxylic acids is 2. The third-order valence-electron chi connectivity index (χ3n) is 3.93. The highest BCUT2D eigenvalue weighted by molar-refractivity contribution is 5.84. The average molecular weight is 378 g/mol. The van der Waals surface area contributed by atoms with Crippen molar-refractivity contribution < 1.29 is 18.7 Å². The van der Waals surface area contributed by atoms with Gasteiger partial charge in [-0.3, -0.25) is 20.4 Å². The molecule has 3 rings (SSSR count). The predicted octanol–water partition coefficient (Wildman–Crippen LogP) is 3.26. The minimum absolute atomic E-state index is 0.0459. The zero-order valence-electron chi connectivity index (χ0n) is 15.0. The molecule has 0 saturated heterocycles. The van der Waals surface area contributed by atoms with Gasteiger partial charge in [0.05, 0.1) is 6.42 Å². The van der Waals surface area contributed by atoms with Gasteiger partial charge in [0.2, 0.25) is 5.91 Å². The number of para-hydroxylation sites is 1. The second-order valence-corrected chi connectivity index (χ2v) is 6.05. The van der Waals surface area contributed by atoms with Gasteiger partial charge in [0.1, 0.15) is 11.6 Å². The lowest BCUT2D eigenvalue weighted by molar-refractivity contribution is -0.129. The van der Waals surface area contributed by atoms with Gasteiger partial charge in [-0.05, 0) is 29.3 Å². The fourth-order valence-electron chi connectivity index (χ4n) is 2.64. The van der Waals surface area contributed by atoms with Crippen LogP contribution >= 0.6 is 0 Å². The molecular formula is C22H19FN2O3. The molecule has 0 aromatic heterocycles. The first kappa shape index (κ1) is 19.1. The van der Waals surface area contributed by atoms with Crippen molar-refractivity contribution in [2.45, 2.75) is 6.42 Å². The van der Waals surface area contributed by atoms with Crippen LogP contribution in [0.15, 0.2) is 78.9 Å². The third-order valence-corrected chi connectivity index (χ3v) is 3.93. The second-order valence-electron chi connectivity index (χ2n) is 6.05. The summed E-state index contributed by atoms with van der Waals surface area (Å²) in [5, 5.41) is 0. The van der Waals surface area contributed by atoms with Gasteiger partial charge in [-0.2, -0.15) is 0 Å². The molecule has 0 radical (unpaired) electrons. The van der Waals surface area contributed by atoms with E-state index in [4.69, 9.17) is 4.74 Å². The maximum atomic E-state index is 13.1. The quantitative estimate of drug-likeness (QED) is 0.647. The number of amides is 2. The summed E-state index contributed by atoms with van der Waals surface area (Å²) in [5.41, 5.74) is 6.94. The van der Waals surface area contributed by atoms with Crippen LogP contribution in [0.5, 0.6) is 5.75 Å². The Labute approximate surface area is 162 Å². The van der Waals surface area contributed by atoms with Gasteiger partial charge < -0.3 is 4.74 Å². The Bertz CT molecular complexity index is 961. The standard InChI is InChI=1S/C22H19FN2O3/c23-18-10-6-7-16(13-18)14-21(26)24-25-22(27)15-28-20-12-5-4-11-19(20)17-8-2-1-3-9-17/h1-13H,14-15H2,(H,24,26)(H,25,27). The van der Waals surface area contributed by atoms with Gasteiger partial charge in [-0.25, -0.2) is 4.39 Å². The molecule has 0 saturated carbocycles. The number of rotatable bonds is 6. The second kappa shape index (κ2) is 9.32. The summed E-state index contributed by atoms with van der Waals surface area (Å²) < 4.78 is 18.7. The molecule has 0 atom stereocenters. The summed E-state index contributed by atoms with van der Waals surface area (Å²) in [6.45, 7) is -0.260. The Morgan fingerprint density at radius 3 is 2.32 bits per heavy atom. The van der Waals surface area contributed by atoms with Gasteiger partial charge in [-0.15, -0.1) is 0 Å². The molecule has 2 amide bonds. The highest BCUT2D eigenvalue weighted by atomic mass is 19.1. The highest BCUT2D eigenvalue weighted by Crippen LogP contribution is 2.29. The summed E-state index contributed by atoms with van der Waals surface area (Å²) in [7, 11) is 0. The zero-order valence-corrected chi connectivity index (χ0v) is 15.0. The van der Waals surface area contributed by atoms with Crippen molar-refractivity contribution in [2.24, 2.45) is 0 Å². The fourth-order valence-corrected chi connectivity index (χ4v) is 2.64. The number of benzene rings is 3. The molecule has 0 fully saturated rings. The molecule has 0 aliphatic rings. The molecule has 0 spiro atoms. The normalized spacial score (nSPS) is 10.2. The first-order valence-corrected chi connectivity index (χ1v) is 8.71. The Morgan fingerprint density at radius 1 is 0.821 bits per heavy atom. The van der Waals surface area contributed by atoms with E-state index < -0.39 is 17.6 Å². The molecule has 3 aromatic rings. The van der Waals surface area contributed by atoms with Crippen LogP contribution in [0.4, 0.5) is 4.39 Å². The molecular weight excluding hydrogens is 359 g/mol. The lowest BCUT2D eigenvalue weighted by Crippen LogP contribution is -2.44. The molecule has 6 heteroatoms. The van der Waals surface area contributed by atoms with E-state index in [1.54, 1.807) is 12.1 Å². The molecule has 0 unspecified atom stereocenters. The number of nitrogens with one attached hydrogen (secondary N) is 2. The summed E-state index contributed by atoms with van der Waals surface area (Å²) in [4.78, 5) is 23.8. The Morgan fingerprint density at radius 2 is 1.54 bits per heavy atom. The Kier molecular flexibility index (Phi) is 6.36. The van der Waals surface area contributed by atoms with Crippen LogP contribution in [0.25, 0.3) is 11.1 Å². The van der Waals surface area contributed by atoms with E-state index in [2.05, 4.69) is 10.9 Å². The Hall–Kier alpha value is -3.67. The lowest BCUT2D eigenvalue weighted by atomic mass is 10.1. The van der Waals surface area contributed by atoms with Crippen LogP contribution < -0.4 is 15.6 Å². The average Bonchev–Trinajstić information content (AvgIpc) is 2.71.